The number of carbonyl (C=O) groups excluding carboxylic acids is 2. The lowest BCUT2D eigenvalue weighted by molar-refractivity contribution is -0.121. The Morgan fingerprint density at radius 3 is 2.61 bits per heavy atom. The maximum absolute atomic E-state index is 13.0. The van der Waals surface area contributed by atoms with Crippen LogP contribution < -0.4 is 5.32 Å². The molecule has 4 aromatic rings. The van der Waals surface area contributed by atoms with Gasteiger partial charge in [0.05, 0.1) is 16.8 Å². The van der Waals surface area contributed by atoms with Crippen LogP contribution in [0.4, 0.5) is 4.39 Å². The van der Waals surface area contributed by atoms with Gasteiger partial charge in [-0.2, -0.15) is 0 Å². The number of benzene rings is 2. The van der Waals surface area contributed by atoms with Crippen molar-refractivity contribution in [2.75, 3.05) is 13.1 Å². The van der Waals surface area contributed by atoms with Gasteiger partial charge in [-0.15, -0.1) is 11.3 Å². The highest BCUT2D eigenvalue weighted by Crippen LogP contribution is 2.31. The quantitative estimate of drug-likeness (QED) is 0.463. The minimum absolute atomic E-state index is 0.103. The Bertz CT molecular complexity index is 1180. The molecule has 2 heterocycles. The second kappa shape index (κ2) is 9.09. The molecule has 0 aliphatic rings. The highest BCUT2D eigenvalue weighted by atomic mass is 32.1. The summed E-state index contributed by atoms with van der Waals surface area (Å²) >= 11 is 1.49. The van der Waals surface area contributed by atoms with Crippen LogP contribution in [0.5, 0.6) is 0 Å². The smallest absolute Gasteiger partial charge is 0.290 e. The Balaban J connectivity index is 1.40. The second-order valence-electron chi connectivity index (χ2n) is 6.87. The number of rotatable bonds is 7. The summed E-state index contributed by atoms with van der Waals surface area (Å²) in [6.07, 6.45) is 0. The lowest BCUT2D eigenvalue weighted by atomic mass is 10.2. The number of carbonyl (C=O) groups is 2. The van der Waals surface area contributed by atoms with E-state index < -0.39 is 0 Å². The van der Waals surface area contributed by atoms with Crippen molar-refractivity contribution in [2.24, 2.45) is 0 Å². The molecule has 2 aromatic heterocycles. The molecular weight excluding hydrogens is 417 g/mol. The molecule has 0 fully saturated rings. The van der Waals surface area contributed by atoms with Gasteiger partial charge in [-0.25, -0.2) is 9.37 Å². The second-order valence-corrected chi connectivity index (χ2v) is 7.90. The molecule has 4 rings (SSSR count). The van der Waals surface area contributed by atoms with Gasteiger partial charge in [0.1, 0.15) is 5.82 Å². The molecule has 0 bridgehead atoms. The number of halogens is 1. The minimum Gasteiger partial charge on any atom is -0.448 e. The summed E-state index contributed by atoms with van der Waals surface area (Å²) in [7, 11) is 0. The topological polar surface area (TPSA) is 75.4 Å². The fourth-order valence-corrected chi connectivity index (χ4v) is 3.99. The molecule has 8 heteroatoms. The van der Waals surface area contributed by atoms with E-state index in [-0.39, 0.29) is 36.5 Å². The van der Waals surface area contributed by atoms with E-state index in [9.17, 15) is 14.0 Å². The standard InChI is InChI=1S/C23H20FN3O3S/c1-2-27(14-21(28)25-13-15-7-9-16(24)10-8-15)23(29)19-12-11-18(30-19)22-26-17-5-3-4-6-20(17)31-22/h3-12H,2,13-14H2,1H3,(H,25,28). The van der Waals surface area contributed by atoms with E-state index in [0.717, 1.165) is 15.8 Å². The number of nitrogens with one attached hydrogen (secondary N) is 1. The van der Waals surface area contributed by atoms with E-state index in [2.05, 4.69) is 10.3 Å². The van der Waals surface area contributed by atoms with E-state index in [1.807, 2.05) is 24.3 Å². The van der Waals surface area contributed by atoms with Gasteiger partial charge in [-0.05, 0) is 48.9 Å². The number of aromatic nitrogens is 1. The number of para-hydroxylation sites is 1. The summed E-state index contributed by atoms with van der Waals surface area (Å²) in [6.45, 7) is 2.30. The summed E-state index contributed by atoms with van der Waals surface area (Å²) in [6, 6.07) is 17.0. The zero-order valence-electron chi connectivity index (χ0n) is 16.8. The SMILES string of the molecule is CCN(CC(=O)NCc1ccc(F)cc1)C(=O)c1ccc(-c2nc3ccccc3s2)o1. The van der Waals surface area contributed by atoms with E-state index >= 15 is 0 Å². The lowest BCUT2D eigenvalue weighted by Crippen LogP contribution is -2.40. The van der Waals surface area contributed by atoms with Crippen LogP contribution >= 0.6 is 11.3 Å². The fourth-order valence-electron chi connectivity index (χ4n) is 3.06. The van der Waals surface area contributed by atoms with Gasteiger partial charge < -0.3 is 14.6 Å². The van der Waals surface area contributed by atoms with Gasteiger partial charge in [-0.1, -0.05) is 24.3 Å². The van der Waals surface area contributed by atoms with Gasteiger partial charge in [0, 0.05) is 13.1 Å². The number of amides is 2. The molecule has 0 radical (unpaired) electrons. The van der Waals surface area contributed by atoms with Gasteiger partial charge >= 0.3 is 0 Å². The van der Waals surface area contributed by atoms with Crippen molar-refractivity contribution in [1.82, 2.24) is 15.2 Å². The molecule has 31 heavy (non-hydrogen) atoms. The Kier molecular flexibility index (Phi) is 6.08. The summed E-state index contributed by atoms with van der Waals surface area (Å²) in [5.41, 5.74) is 1.65. The van der Waals surface area contributed by atoms with Crippen molar-refractivity contribution in [1.29, 1.82) is 0 Å². The number of hydrogen-bond donors (Lipinski definition) is 1. The van der Waals surface area contributed by atoms with E-state index in [1.54, 1.807) is 31.2 Å². The van der Waals surface area contributed by atoms with Crippen LogP contribution in [0, 0.1) is 5.82 Å². The summed E-state index contributed by atoms with van der Waals surface area (Å²) < 4.78 is 19.8. The number of hydrogen-bond acceptors (Lipinski definition) is 5. The number of fused-ring (bicyclic) bond motifs is 1. The molecule has 6 nitrogen and oxygen atoms in total. The molecule has 0 aliphatic carbocycles. The maximum Gasteiger partial charge on any atom is 0.290 e. The molecule has 0 unspecified atom stereocenters. The Morgan fingerprint density at radius 2 is 1.87 bits per heavy atom. The number of likely N-dealkylation sites (N-methyl/N-ethyl adjacent to an activating group) is 1. The molecular formula is C23H20FN3O3S. The van der Waals surface area contributed by atoms with Crippen LogP contribution in [0.25, 0.3) is 21.0 Å². The third-order valence-corrected chi connectivity index (χ3v) is 5.78. The van der Waals surface area contributed by atoms with E-state index in [0.29, 0.717) is 17.3 Å². The Morgan fingerprint density at radius 1 is 1.10 bits per heavy atom. The van der Waals surface area contributed by atoms with Crippen LogP contribution in [-0.4, -0.2) is 34.8 Å². The van der Waals surface area contributed by atoms with Crippen molar-refractivity contribution in [3.8, 4) is 10.8 Å². The molecule has 2 aromatic carbocycles. The molecule has 158 valence electrons. The van der Waals surface area contributed by atoms with Crippen LogP contribution in [0.2, 0.25) is 0 Å². The van der Waals surface area contributed by atoms with Crippen LogP contribution in [0.15, 0.2) is 65.1 Å². The molecule has 0 spiro atoms. The first-order valence-corrected chi connectivity index (χ1v) is 10.6. The highest BCUT2D eigenvalue weighted by Gasteiger charge is 2.21. The van der Waals surface area contributed by atoms with Crippen molar-refractivity contribution in [2.45, 2.75) is 13.5 Å². The van der Waals surface area contributed by atoms with E-state index in [1.165, 1.54) is 28.4 Å². The normalized spacial score (nSPS) is 10.9. The zero-order valence-corrected chi connectivity index (χ0v) is 17.6. The minimum atomic E-state index is -0.369. The Labute approximate surface area is 182 Å². The Hall–Kier alpha value is -3.52. The predicted molar refractivity (Wildman–Crippen MR) is 117 cm³/mol. The molecule has 0 saturated carbocycles. The van der Waals surface area contributed by atoms with Gasteiger partial charge in [0.25, 0.3) is 5.91 Å². The summed E-state index contributed by atoms with van der Waals surface area (Å²) in [4.78, 5) is 31.1. The first-order chi connectivity index (χ1) is 15.0. The zero-order chi connectivity index (χ0) is 21.8. The molecule has 1 N–H and O–H groups in total. The first-order valence-electron chi connectivity index (χ1n) is 9.79. The third-order valence-electron chi connectivity index (χ3n) is 4.73. The molecule has 0 atom stereocenters. The highest BCUT2D eigenvalue weighted by molar-refractivity contribution is 7.21. The number of furan rings is 1. The molecule has 0 saturated heterocycles. The van der Waals surface area contributed by atoms with Crippen molar-refractivity contribution < 1.29 is 18.4 Å². The average Bonchev–Trinajstić information content (AvgIpc) is 3.43. The van der Waals surface area contributed by atoms with Gasteiger partial charge in [-0.3, -0.25) is 9.59 Å². The monoisotopic (exact) mass is 437 g/mol. The lowest BCUT2D eigenvalue weighted by Gasteiger charge is -2.19. The fraction of sp³-hybridized carbons (Fsp3) is 0.174. The average molecular weight is 437 g/mol. The molecule has 0 aliphatic heterocycles. The van der Waals surface area contributed by atoms with Crippen molar-refractivity contribution >= 4 is 33.4 Å². The summed E-state index contributed by atoms with van der Waals surface area (Å²) in [5.74, 6) is -0.338. The van der Waals surface area contributed by atoms with E-state index in [4.69, 9.17) is 4.42 Å². The van der Waals surface area contributed by atoms with Crippen LogP contribution in [0.1, 0.15) is 23.0 Å². The first kappa shape index (κ1) is 20.7. The van der Waals surface area contributed by atoms with Gasteiger partial charge in [0.15, 0.2) is 16.5 Å². The third kappa shape index (κ3) is 4.80. The van der Waals surface area contributed by atoms with Gasteiger partial charge in [0.2, 0.25) is 5.91 Å². The largest absolute Gasteiger partial charge is 0.448 e. The number of thiazole rings is 1. The maximum atomic E-state index is 13.0. The van der Waals surface area contributed by atoms with Crippen molar-refractivity contribution in [3.63, 3.8) is 0 Å². The van der Waals surface area contributed by atoms with Crippen LogP contribution in [0.3, 0.4) is 0 Å². The van der Waals surface area contributed by atoms with Crippen molar-refractivity contribution in [3.05, 3.63) is 77.8 Å². The summed E-state index contributed by atoms with van der Waals surface area (Å²) in [5, 5.41) is 3.44. The predicted octanol–water partition coefficient (Wildman–Crippen LogP) is 4.47. The van der Waals surface area contributed by atoms with Crippen LogP contribution in [-0.2, 0) is 11.3 Å². The molecule has 2 amide bonds. The number of nitrogens with zero attached hydrogens (tertiary/aromatic N) is 2.